The minimum absolute atomic E-state index is 0.252. The maximum absolute atomic E-state index is 11.8. The van der Waals surface area contributed by atoms with Crippen LogP contribution >= 0.6 is 0 Å². The molecule has 6 nitrogen and oxygen atoms in total. The van der Waals surface area contributed by atoms with Crippen molar-refractivity contribution >= 4 is 17.4 Å². The highest BCUT2D eigenvalue weighted by atomic mass is 16.2. The van der Waals surface area contributed by atoms with E-state index in [2.05, 4.69) is 15.7 Å². The standard InChI is InChI=1S/C14H19N5O/c1-9-13(10(2)19(3)18-9)8-16-14(20)17-12-6-4-11(15)5-7-12/h4-7H,8,15H2,1-3H3,(H2,16,17,20). The molecule has 2 rings (SSSR count). The molecule has 0 aliphatic rings. The van der Waals surface area contributed by atoms with E-state index in [9.17, 15) is 4.79 Å². The number of urea groups is 1. The number of nitrogen functional groups attached to an aromatic ring is 1. The first-order valence-corrected chi connectivity index (χ1v) is 6.37. The van der Waals surface area contributed by atoms with Gasteiger partial charge in [-0.3, -0.25) is 4.68 Å². The third-order valence-electron chi connectivity index (χ3n) is 3.25. The number of aromatic nitrogens is 2. The van der Waals surface area contributed by atoms with Crippen LogP contribution in [0.3, 0.4) is 0 Å². The van der Waals surface area contributed by atoms with Gasteiger partial charge < -0.3 is 16.4 Å². The first kappa shape index (κ1) is 13.9. The Bertz CT molecular complexity index is 615. The van der Waals surface area contributed by atoms with Crippen molar-refractivity contribution in [2.75, 3.05) is 11.1 Å². The maximum atomic E-state index is 11.8. The molecule has 106 valence electrons. The van der Waals surface area contributed by atoms with Crippen LogP contribution in [0, 0.1) is 13.8 Å². The number of carbonyl (C=O) groups excluding carboxylic acids is 1. The van der Waals surface area contributed by atoms with Crippen LogP contribution in [-0.2, 0) is 13.6 Å². The van der Waals surface area contributed by atoms with Crippen LogP contribution < -0.4 is 16.4 Å². The Morgan fingerprint density at radius 1 is 1.30 bits per heavy atom. The zero-order valence-corrected chi connectivity index (χ0v) is 11.9. The lowest BCUT2D eigenvalue weighted by Crippen LogP contribution is -2.28. The summed E-state index contributed by atoms with van der Waals surface area (Å²) in [6.07, 6.45) is 0. The van der Waals surface area contributed by atoms with E-state index in [0.717, 1.165) is 17.0 Å². The van der Waals surface area contributed by atoms with Gasteiger partial charge in [-0.05, 0) is 38.1 Å². The quantitative estimate of drug-likeness (QED) is 0.747. The summed E-state index contributed by atoms with van der Waals surface area (Å²) in [7, 11) is 1.89. The molecule has 0 saturated heterocycles. The van der Waals surface area contributed by atoms with Gasteiger partial charge in [0.2, 0.25) is 0 Å². The molecule has 4 N–H and O–H groups in total. The van der Waals surface area contributed by atoms with Crippen LogP contribution in [0.25, 0.3) is 0 Å². The van der Waals surface area contributed by atoms with Gasteiger partial charge in [0.1, 0.15) is 0 Å². The third kappa shape index (κ3) is 3.09. The van der Waals surface area contributed by atoms with E-state index < -0.39 is 0 Å². The topological polar surface area (TPSA) is 85.0 Å². The summed E-state index contributed by atoms with van der Waals surface area (Å²) < 4.78 is 1.81. The van der Waals surface area contributed by atoms with E-state index >= 15 is 0 Å². The Morgan fingerprint density at radius 2 is 1.95 bits per heavy atom. The number of hydrogen-bond acceptors (Lipinski definition) is 3. The van der Waals surface area contributed by atoms with Gasteiger partial charge in [-0.2, -0.15) is 5.10 Å². The van der Waals surface area contributed by atoms with E-state index in [-0.39, 0.29) is 6.03 Å². The molecule has 1 aromatic heterocycles. The number of nitrogens with one attached hydrogen (secondary N) is 2. The number of amides is 2. The molecule has 2 aromatic rings. The minimum Gasteiger partial charge on any atom is -0.399 e. The highest BCUT2D eigenvalue weighted by molar-refractivity contribution is 5.89. The number of hydrogen-bond donors (Lipinski definition) is 3. The number of benzene rings is 1. The summed E-state index contributed by atoms with van der Waals surface area (Å²) in [4.78, 5) is 11.8. The predicted molar refractivity (Wildman–Crippen MR) is 79.4 cm³/mol. The summed E-state index contributed by atoms with van der Waals surface area (Å²) in [5.74, 6) is 0. The van der Waals surface area contributed by atoms with Crippen LogP contribution in [0.2, 0.25) is 0 Å². The Kier molecular flexibility index (Phi) is 3.93. The van der Waals surface area contributed by atoms with Crippen molar-refractivity contribution < 1.29 is 4.79 Å². The molecule has 6 heteroatoms. The van der Waals surface area contributed by atoms with Crippen molar-refractivity contribution in [1.29, 1.82) is 0 Å². The molecule has 0 spiro atoms. The third-order valence-corrected chi connectivity index (χ3v) is 3.25. The Balaban J connectivity index is 1.94. The van der Waals surface area contributed by atoms with Gasteiger partial charge in [0.25, 0.3) is 0 Å². The maximum Gasteiger partial charge on any atom is 0.319 e. The summed E-state index contributed by atoms with van der Waals surface area (Å²) in [5, 5.41) is 9.89. The van der Waals surface area contributed by atoms with E-state index in [1.54, 1.807) is 24.3 Å². The molecule has 0 bridgehead atoms. The normalized spacial score (nSPS) is 10.3. The first-order chi connectivity index (χ1) is 9.47. The fraction of sp³-hybridized carbons (Fsp3) is 0.286. The molecule has 0 saturated carbocycles. The molecular weight excluding hydrogens is 254 g/mol. The van der Waals surface area contributed by atoms with Crippen LogP contribution in [0.5, 0.6) is 0 Å². The van der Waals surface area contributed by atoms with Crippen molar-refractivity contribution in [3.8, 4) is 0 Å². The highest BCUT2D eigenvalue weighted by Crippen LogP contribution is 2.12. The second-order valence-corrected chi connectivity index (χ2v) is 4.70. The molecular formula is C14H19N5O. The van der Waals surface area contributed by atoms with Crippen LogP contribution in [0.15, 0.2) is 24.3 Å². The fourth-order valence-electron chi connectivity index (χ4n) is 1.98. The fourth-order valence-corrected chi connectivity index (χ4v) is 1.98. The predicted octanol–water partition coefficient (Wildman–Crippen LogP) is 1.94. The smallest absolute Gasteiger partial charge is 0.319 e. The number of nitrogens with zero attached hydrogens (tertiary/aromatic N) is 2. The Hall–Kier alpha value is -2.50. The van der Waals surface area contributed by atoms with E-state index in [0.29, 0.717) is 17.9 Å². The molecule has 0 aliphatic heterocycles. The van der Waals surface area contributed by atoms with Crippen molar-refractivity contribution in [3.63, 3.8) is 0 Å². The van der Waals surface area contributed by atoms with Gasteiger partial charge in [0.05, 0.1) is 5.69 Å². The summed E-state index contributed by atoms with van der Waals surface area (Å²) in [5.41, 5.74) is 9.98. The zero-order valence-electron chi connectivity index (χ0n) is 11.9. The van der Waals surface area contributed by atoms with Gasteiger partial charge in [0, 0.05) is 36.2 Å². The zero-order chi connectivity index (χ0) is 14.7. The number of carbonyl (C=O) groups is 1. The van der Waals surface area contributed by atoms with Crippen LogP contribution in [0.4, 0.5) is 16.2 Å². The minimum atomic E-state index is -0.252. The second kappa shape index (κ2) is 5.64. The molecule has 1 heterocycles. The van der Waals surface area contributed by atoms with Gasteiger partial charge in [-0.25, -0.2) is 4.79 Å². The largest absolute Gasteiger partial charge is 0.399 e. The molecule has 2 amide bonds. The Morgan fingerprint density at radius 3 is 2.50 bits per heavy atom. The lowest BCUT2D eigenvalue weighted by atomic mass is 10.2. The molecule has 0 unspecified atom stereocenters. The number of rotatable bonds is 3. The second-order valence-electron chi connectivity index (χ2n) is 4.70. The molecule has 20 heavy (non-hydrogen) atoms. The van der Waals surface area contributed by atoms with Crippen molar-refractivity contribution in [1.82, 2.24) is 15.1 Å². The number of anilines is 2. The van der Waals surface area contributed by atoms with E-state index in [1.165, 1.54) is 0 Å². The molecule has 0 aliphatic carbocycles. The van der Waals surface area contributed by atoms with E-state index in [4.69, 9.17) is 5.73 Å². The van der Waals surface area contributed by atoms with Gasteiger partial charge in [-0.15, -0.1) is 0 Å². The lowest BCUT2D eigenvalue weighted by Gasteiger charge is -2.08. The van der Waals surface area contributed by atoms with Crippen molar-refractivity contribution in [3.05, 3.63) is 41.2 Å². The van der Waals surface area contributed by atoms with Crippen molar-refractivity contribution in [2.45, 2.75) is 20.4 Å². The lowest BCUT2D eigenvalue weighted by molar-refractivity contribution is 0.251. The summed E-state index contributed by atoms with van der Waals surface area (Å²) in [6, 6.07) is 6.75. The summed E-state index contributed by atoms with van der Waals surface area (Å²) >= 11 is 0. The molecule has 1 aromatic carbocycles. The molecule has 0 radical (unpaired) electrons. The van der Waals surface area contributed by atoms with Crippen LogP contribution in [-0.4, -0.2) is 15.8 Å². The summed E-state index contributed by atoms with van der Waals surface area (Å²) in [6.45, 7) is 4.36. The first-order valence-electron chi connectivity index (χ1n) is 6.37. The molecule has 0 atom stereocenters. The SMILES string of the molecule is Cc1nn(C)c(C)c1CNC(=O)Nc1ccc(N)cc1. The Labute approximate surface area is 118 Å². The van der Waals surface area contributed by atoms with Gasteiger partial charge in [0.15, 0.2) is 0 Å². The van der Waals surface area contributed by atoms with E-state index in [1.807, 2.05) is 25.6 Å². The number of aryl methyl sites for hydroxylation is 2. The van der Waals surface area contributed by atoms with Gasteiger partial charge in [-0.1, -0.05) is 0 Å². The highest BCUT2D eigenvalue weighted by Gasteiger charge is 2.10. The van der Waals surface area contributed by atoms with Crippen molar-refractivity contribution in [2.24, 2.45) is 7.05 Å². The molecule has 0 fully saturated rings. The van der Waals surface area contributed by atoms with Gasteiger partial charge >= 0.3 is 6.03 Å². The van der Waals surface area contributed by atoms with Crippen LogP contribution in [0.1, 0.15) is 17.0 Å². The number of nitrogens with two attached hydrogens (primary N) is 1. The monoisotopic (exact) mass is 273 g/mol. The average Bonchev–Trinajstić information content (AvgIpc) is 2.64. The average molecular weight is 273 g/mol.